The fourth-order valence-corrected chi connectivity index (χ4v) is 1.12. The van der Waals surface area contributed by atoms with Gasteiger partial charge in [0.2, 0.25) is 5.91 Å². The van der Waals surface area contributed by atoms with Gasteiger partial charge in [-0.1, -0.05) is 6.92 Å². The highest BCUT2D eigenvalue weighted by atomic mass is 16.5. The molecular weight excluding hydrogens is 168 g/mol. The van der Waals surface area contributed by atoms with Gasteiger partial charge in [-0.3, -0.25) is 4.79 Å². The number of carbonyl (C=O) groups is 1. The second-order valence-electron chi connectivity index (χ2n) is 3.04. The predicted molar refractivity (Wildman–Crippen MR) is 52.4 cm³/mol. The van der Waals surface area contributed by atoms with E-state index in [1.165, 1.54) is 0 Å². The fourth-order valence-electron chi connectivity index (χ4n) is 1.12. The Morgan fingerprint density at radius 3 is 2.62 bits per heavy atom. The molecule has 0 aliphatic carbocycles. The monoisotopic (exact) mass is 188 g/mol. The average molecular weight is 188 g/mol. The molecule has 0 aromatic carbocycles. The Labute approximate surface area is 80.0 Å². The topological polar surface area (TPSA) is 55.6 Å². The van der Waals surface area contributed by atoms with Crippen LogP contribution in [0.3, 0.4) is 0 Å². The van der Waals surface area contributed by atoms with Crippen molar-refractivity contribution >= 4 is 5.91 Å². The van der Waals surface area contributed by atoms with Crippen molar-refractivity contribution in [2.45, 2.75) is 26.3 Å². The van der Waals surface area contributed by atoms with Gasteiger partial charge in [-0.15, -0.1) is 0 Å². The van der Waals surface area contributed by atoms with Crippen LogP contribution < -0.4 is 5.73 Å². The first kappa shape index (κ1) is 12.4. The quantitative estimate of drug-likeness (QED) is 0.648. The molecule has 78 valence electrons. The van der Waals surface area contributed by atoms with Gasteiger partial charge in [0, 0.05) is 19.7 Å². The summed E-state index contributed by atoms with van der Waals surface area (Å²) < 4.78 is 4.93. The van der Waals surface area contributed by atoms with Crippen LogP contribution in [0.4, 0.5) is 0 Å². The third-order valence-electron chi connectivity index (χ3n) is 2.15. The van der Waals surface area contributed by atoms with Gasteiger partial charge in [-0.2, -0.15) is 0 Å². The largest absolute Gasteiger partial charge is 0.383 e. The number of nitrogens with zero attached hydrogens (tertiary/aromatic N) is 1. The lowest BCUT2D eigenvalue weighted by Gasteiger charge is -2.27. The Kier molecular flexibility index (Phi) is 6.54. The molecule has 1 amide bonds. The lowest BCUT2D eigenvalue weighted by atomic mass is 10.2. The number of rotatable bonds is 6. The van der Waals surface area contributed by atoms with Crippen LogP contribution >= 0.6 is 0 Å². The fraction of sp³-hybridized carbons (Fsp3) is 0.889. The normalized spacial score (nSPS) is 12.6. The van der Waals surface area contributed by atoms with E-state index in [1.54, 1.807) is 12.0 Å². The zero-order valence-electron chi connectivity index (χ0n) is 8.75. The highest BCUT2D eigenvalue weighted by Crippen LogP contribution is 2.02. The van der Waals surface area contributed by atoms with Crippen LogP contribution in [-0.2, 0) is 9.53 Å². The Hall–Kier alpha value is -0.610. The molecule has 4 nitrogen and oxygen atoms in total. The van der Waals surface area contributed by atoms with E-state index in [0.717, 1.165) is 6.42 Å². The molecule has 0 fully saturated rings. The Balaban J connectivity index is 4.09. The summed E-state index contributed by atoms with van der Waals surface area (Å²) in [6, 6.07) is 0.242. The van der Waals surface area contributed by atoms with Gasteiger partial charge in [0.05, 0.1) is 13.2 Å². The maximum atomic E-state index is 11.4. The summed E-state index contributed by atoms with van der Waals surface area (Å²) in [5, 5.41) is 0. The van der Waals surface area contributed by atoms with Gasteiger partial charge in [0.15, 0.2) is 0 Å². The SMILES string of the molecule is CCC(C)N(CCOC)C(=O)CN. The first-order valence-electron chi connectivity index (χ1n) is 4.65. The number of ether oxygens (including phenoxy) is 1. The third-order valence-corrected chi connectivity index (χ3v) is 2.15. The minimum Gasteiger partial charge on any atom is -0.383 e. The zero-order chi connectivity index (χ0) is 10.3. The van der Waals surface area contributed by atoms with Crippen LogP contribution in [0.15, 0.2) is 0 Å². The molecule has 1 unspecified atom stereocenters. The predicted octanol–water partition coefficient (Wildman–Crippen LogP) is 0.219. The molecule has 0 aromatic heterocycles. The van der Waals surface area contributed by atoms with Gasteiger partial charge < -0.3 is 15.4 Å². The molecule has 1 atom stereocenters. The second-order valence-corrected chi connectivity index (χ2v) is 3.04. The summed E-state index contributed by atoms with van der Waals surface area (Å²) in [5.41, 5.74) is 5.31. The molecule has 0 aliphatic heterocycles. The maximum absolute atomic E-state index is 11.4. The minimum absolute atomic E-state index is 0.00796. The summed E-state index contributed by atoms with van der Waals surface area (Å²) in [6.07, 6.45) is 0.940. The number of hydrogen-bond donors (Lipinski definition) is 1. The molecule has 4 heteroatoms. The van der Waals surface area contributed by atoms with Gasteiger partial charge in [0.1, 0.15) is 0 Å². The van der Waals surface area contributed by atoms with E-state index >= 15 is 0 Å². The molecule has 13 heavy (non-hydrogen) atoms. The number of nitrogens with two attached hydrogens (primary N) is 1. The standard InChI is InChI=1S/C9H20N2O2/c1-4-8(2)11(5-6-13-3)9(12)7-10/h8H,4-7,10H2,1-3H3. The summed E-state index contributed by atoms with van der Waals surface area (Å²) >= 11 is 0. The van der Waals surface area contributed by atoms with E-state index < -0.39 is 0 Å². The number of carbonyl (C=O) groups excluding carboxylic acids is 1. The van der Waals surface area contributed by atoms with E-state index in [-0.39, 0.29) is 18.5 Å². The Bertz CT molecular complexity index is 151. The smallest absolute Gasteiger partial charge is 0.236 e. The van der Waals surface area contributed by atoms with Gasteiger partial charge >= 0.3 is 0 Å². The molecule has 0 aromatic rings. The number of methoxy groups -OCH3 is 1. The lowest BCUT2D eigenvalue weighted by Crippen LogP contribution is -2.43. The molecule has 0 aliphatic rings. The Morgan fingerprint density at radius 2 is 2.23 bits per heavy atom. The molecule has 0 saturated heterocycles. The molecule has 0 bridgehead atoms. The molecule has 0 saturated carbocycles. The lowest BCUT2D eigenvalue weighted by molar-refractivity contribution is -0.132. The van der Waals surface area contributed by atoms with Crippen LogP contribution in [0.2, 0.25) is 0 Å². The van der Waals surface area contributed by atoms with Crippen LogP contribution in [0.5, 0.6) is 0 Å². The number of amides is 1. The molecular formula is C9H20N2O2. The highest BCUT2D eigenvalue weighted by molar-refractivity contribution is 5.78. The van der Waals surface area contributed by atoms with Crippen molar-refractivity contribution in [2.75, 3.05) is 26.8 Å². The van der Waals surface area contributed by atoms with E-state index in [0.29, 0.717) is 13.2 Å². The van der Waals surface area contributed by atoms with Crippen molar-refractivity contribution in [1.29, 1.82) is 0 Å². The van der Waals surface area contributed by atoms with E-state index in [2.05, 4.69) is 0 Å². The zero-order valence-corrected chi connectivity index (χ0v) is 8.75. The van der Waals surface area contributed by atoms with Crippen LogP contribution in [0.1, 0.15) is 20.3 Å². The van der Waals surface area contributed by atoms with E-state index in [9.17, 15) is 4.79 Å². The van der Waals surface area contributed by atoms with Gasteiger partial charge in [0.25, 0.3) is 0 Å². The third kappa shape index (κ3) is 4.24. The van der Waals surface area contributed by atoms with Crippen molar-refractivity contribution in [3.05, 3.63) is 0 Å². The molecule has 0 heterocycles. The van der Waals surface area contributed by atoms with Crippen molar-refractivity contribution in [3.8, 4) is 0 Å². The van der Waals surface area contributed by atoms with Crippen molar-refractivity contribution in [1.82, 2.24) is 4.90 Å². The summed E-state index contributed by atoms with van der Waals surface area (Å²) in [4.78, 5) is 13.1. The molecule has 0 rings (SSSR count). The van der Waals surface area contributed by atoms with Gasteiger partial charge in [-0.05, 0) is 13.3 Å². The maximum Gasteiger partial charge on any atom is 0.236 e. The minimum atomic E-state index is -0.00796. The highest BCUT2D eigenvalue weighted by Gasteiger charge is 2.16. The van der Waals surface area contributed by atoms with Crippen LogP contribution in [0.25, 0.3) is 0 Å². The molecule has 0 spiro atoms. The van der Waals surface area contributed by atoms with E-state index in [4.69, 9.17) is 10.5 Å². The summed E-state index contributed by atoms with van der Waals surface area (Å²) in [5.74, 6) is -0.00796. The van der Waals surface area contributed by atoms with E-state index in [1.807, 2.05) is 13.8 Å². The van der Waals surface area contributed by atoms with Crippen LogP contribution in [0, 0.1) is 0 Å². The summed E-state index contributed by atoms with van der Waals surface area (Å²) in [7, 11) is 1.63. The van der Waals surface area contributed by atoms with Crippen molar-refractivity contribution < 1.29 is 9.53 Å². The first-order valence-corrected chi connectivity index (χ1v) is 4.65. The average Bonchev–Trinajstić information content (AvgIpc) is 2.17. The second kappa shape index (κ2) is 6.86. The van der Waals surface area contributed by atoms with Crippen LogP contribution in [-0.4, -0.2) is 43.7 Å². The first-order chi connectivity index (χ1) is 6.17. The van der Waals surface area contributed by atoms with Crippen molar-refractivity contribution in [3.63, 3.8) is 0 Å². The Morgan fingerprint density at radius 1 is 1.62 bits per heavy atom. The molecule has 2 N–H and O–H groups in total. The molecule has 0 radical (unpaired) electrons. The van der Waals surface area contributed by atoms with Crippen molar-refractivity contribution in [2.24, 2.45) is 5.73 Å². The van der Waals surface area contributed by atoms with Gasteiger partial charge in [-0.25, -0.2) is 0 Å². The summed E-state index contributed by atoms with van der Waals surface area (Å²) in [6.45, 7) is 5.34. The number of hydrogen-bond acceptors (Lipinski definition) is 3.